The van der Waals surface area contributed by atoms with Crippen molar-refractivity contribution in [3.8, 4) is 0 Å². The smallest absolute Gasteiger partial charge is 0.160 e. The Morgan fingerprint density at radius 2 is 1.50 bits per heavy atom. The molecule has 0 aliphatic heterocycles. The minimum atomic E-state index is 0.0855. The van der Waals surface area contributed by atoms with E-state index in [2.05, 4.69) is 15.9 Å². The number of halogens is 1. The standard InChI is InChI=1S/C16H13BrO/c1-12(18)15-8-4-2-6-13(15)10-11-14-7-3-5-9-16(14)17/h2-11H,1H3/b11-10+. The van der Waals surface area contributed by atoms with Gasteiger partial charge in [-0.3, -0.25) is 4.79 Å². The highest BCUT2D eigenvalue weighted by molar-refractivity contribution is 9.10. The maximum Gasteiger partial charge on any atom is 0.160 e. The molecule has 0 saturated heterocycles. The number of carbonyl (C=O) groups is 1. The van der Waals surface area contributed by atoms with Crippen molar-refractivity contribution in [2.24, 2.45) is 0 Å². The molecule has 0 aliphatic rings. The summed E-state index contributed by atoms with van der Waals surface area (Å²) >= 11 is 3.50. The molecule has 2 heteroatoms. The number of carbonyl (C=O) groups excluding carboxylic acids is 1. The Bertz CT molecular complexity index is 600. The predicted molar refractivity (Wildman–Crippen MR) is 79.5 cm³/mol. The fourth-order valence-electron chi connectivity index (χ4n) is 1.75. The quantitative estimate of drug-likeness (QED) is 0.586. The molecule has 0 aromatic heterocycles. The molecule has 0 amide bonds. The van der Waals surface area contributed by atoms with E-state index >= 15 is 0 Å². The lowest BCUT2D eigenvalue weighted by Gasteiger charge is -2.02. The first-order valence-corrected chi connectivity index (χ1v) is 6.50. The van der Waals surface area contributed by atoms with Crippen molar-refractivity contribution in [2.75, 3.05) is 0 Å². The summed E-state index contributed by atoms with van der Waals surface area (Å²) in [6.07, 6.45) is 3.97. The topological polar surface area (TPSA) is 17.1 Å². The van der Waals surface area contributed by atoms with Crippen LogP contribution in [0.1, 0.15) is 28.4 Å². The van der Waals surface area contributed by atoms with Gasteiger partial charge in [-0.1, -0.05) is 70.5 Å². The second-order valence-electron chi connectivity index (χ2n) is 4.00. The molecule has 0 spiro atoms. The zero-order valence-electron chi connectivity index (χ0n) is 10.1. The molecule has 0 unspecified atom stereocenters. The maximum atomic E-state index is 11.5. The van der Waals surface area contributed by atoms with E-state index in [-0.39, 0.29) is 5.78 Å². The van der Waals surface area contributed by atoms with Crippen LogP contribution in [0.25, 0.3) is 12.2 Å². The molecule has 0 atom stereocenters. The van der Waals surface area contributed by atoms with E-state index in [1.54, 1.807) is 6.92 Å². The first-order chi connectivity index (χ1) is 8.68. The van der Waals surface area contributed by atoms with Gasteiger partial charge in [-0.15, -0.1) is 0 Å². The molecule has 2 aromatic rings. The molecule has 0 N–H and O–H groups in total. The summed E-state index contributed by atoms with van der Waals surface area (Å²) in [5.74, 6) is 0.0855. The third-order valence-electron chi connectivity index (χ3n) is 2.69. The lowest BCUT2D eigenvalue weighted by atomic mass is 10.0. The van der Waals surface area contributed by atoms with E-state index in [1.165, 1.54) is 0 Å². The van der Waals surface area contributed by atoms with Gasteiger partial charge in [0.15, 0.2) is 5.78 Å². The summed E-state index contributed by atoms with van der Waals surface area (Å²) < 4.78 is 1.04. The molecule has 0 heterocycles. The third kappa shape index (κ3) is 2.96. The van der Waals surface area contributed by atoms with Crippen molar-refractivity contribution < 1.29 is 4.79 Å². The molecule has 2 aromatic carbocycles. The van der Waals surface area contributed by atoms with Crippen molar-refractivity contribution in [1.82, 2.24) is 0 Å². The summed E-state index contributed by atoms with van der Waals surface area (Å²) in [5, 5.41) is 0. The minimum Gasteiger partial charge on any atom is -0.294 e. The number of hydrogen-bond acceptors (Lipinski definition) is 1. The Kier molecular flexibility index (Phi) is 4.11. The third-order valence-corrected chi connectivity index (χ3v) is 3.41. The molecule has 0 radical (unpaired) electrons. The van der Waals surface area contributed by atoms with Gasteiger partial charge in [0.1, 0.15) is 0 Å². The summed E-state index contributed by atoms with van der Waals surface area (Å²) in [6, 6.07) is 15.6. The fraction of sp³-hybridized carbons (Fsp3) is 0.0625. The molecule has 0 aliphatic carbocycles. The van der Waals surface area contributed by atoms with Crippen LogP contribution in [0.2, 0.25) is 0 Å². The van der Waals surface area contributed by atoms with E-state index < -0.39 is 0 Å². The Morgan fingerprint density at radius 1 is 0.944 bits per heavy atom. The Labute approximate surface area is 115 Å². The van der Waals surface area contributed by atoms with Gasteiger partial charge in [-0.2, -0.15) is 0 Å². The van der Waals surface area contributed by atoms with Crippen LogP contribution in [0.15, 0.2) is 53.0 Å². The van der Waals surface area contributed by atoms with Crippen LogP contribution in [0, 0.1) is 0 Å². The Balaban J connectivity index is 2.35. The average Bonchev–Trinajstić information content (AvgIpc) is 2.38. The van der Waals surface area contributed by atoms with E-state index in [0.717, 1.165) is 21.2 Å². The summed E-state index contributed by atoms with van der Waals surface area (Å²) in [5.41, 5.74) is 2.79. The molecule has 18 heavy (non-hydrogen) atoms. The molecular formula is C16H13BrO. The van der Waals surface area contributed by atoms with Crippen LogP contribution in [-0.4, -0.2) is 5.78 Å². The molecule has 0 saturated carbocycles. The van der Waals surface area contributed by atoms with Gasteiger partial charge in [0.2, 0.25) is 0 Å². The number of benzene rings is 2. The molecule has 90 valence electrons. The van der Waals surface area contributed by atoms with Crippen molar-refractivity contribution in [3.63, 3.8) is 0 Å². The normalized spacial score (nSPS) is 10.8. The van der Waals surface area contributed by atoms with Crippen LogP contribution in [0.3, 0.4) is 0 Å². The molecular weight excluding hydrogens is 288 g/mol. The first kappa shape index (κ1) is 12.8. The second-order valence-corrected chi connectivity index (χ2v) is 4.85. The monoisotopic (exact) mass is 300 g/mol. The van der Waals surface area contributed by atoms with Crippen molar-refractivity contribution in [2.45, 2.75) is 6.92 Å². The van der Waals surface area contributed by atoms with Crippen molar-refractivity contribution >= 4 is 33.9 Å². The van der Waals surface area contributed by atoms with E-state index in [4.69, 9.17) is 0 Å². The van der Waals surface area contributed by atoms with Gasteiger partial charge in [0.25, 0.3) is 0 Å². The van der Waals surface area contributed by atoms with Crippen LogP contribution < -0.4 is 0 Å². The lowest BCUT2D eigenvalue weighted by Crippen LogP contribution is -1.94. The Morgan fingerprint density at radius 3 is 2.17 bits per heavy atom. The SMILES string of the molecule is CC(=O)c1ccccc1/C=C/c1ccccc1Br. The first-order valence-electron chi connectivity index (χ1n) is 5.71. The lowest BCUT2D eigenvalue weighted by molar-refractivity contribution is 0.101. The number of Topliss-reactive ketones (excluding diaryl/α,β-unsaturated/α-hetero) is 1. The molecule has 2 rings (SSSR count). The van der Waals surface area contributed by atoms with Gasteiger partial charge < -0.3 is 0 Å². The average molecular weight is 301 g/mol. The van der Waals surface area contributed by atoms with Gasteiger partial charge >= 0.3 is 0 Å². The highest BCUT2D eigenvalue weighted by Gasteiger charge is 2.03. The summed E-state index contributed by atoms with van der Waals surface area (Å²) in [6.45, 7) is 1.59. The van der Waals surface area contributed by atoms with E-state index in [0.29, 0.717) is 0 Å². The number of rotatable bonds is 3. The van der Waals surface area contributed by atoms with Crippen molar-refractivity contribution in [3.05, 3.63) is 69.7 Å². The second kappa shape index (κ2) is 5.78. The maximum absolute atomic E-state index is 11.5. The number of hydrogen-bond donors (Lipinski definition) is 0. The minimum absolute atomic E-state index is 0.0855. The predicted octanol–water partition coefficient (Wildman–Crippen LogP) is 4.82. The largest absolute Gasteiger partial charge is 0.294 e. The zero-order chi connectivity index (χ0) is 13.0. The summed E-state index contributed by atoms with van der Waals surface area (Å²) in [7, 11) is 0. The van der Waals surface area contributed by atoms with E-state index in [9.17, 15) is 4.79 Å². The van der Waals surface area contributed by atoms with Gasteiger partial charge in [-0.25, -0.2) is 0 Å². The van der Waals surface area contributed by atoms with Gasteiger partial charge in [0, 0.05) is 10.0 Å². The fourth-order valence-corrected chi connectivity index (χ4v) is 2.17. The van der Waals surface area contributed by atoms with Crippen LogP contribution in [-0.2, 0) is 0 Å². The summed E-state index contributed by atoms with van der Waals surface area (Å²) in [4.78, 5) is 11.5. The zero-order valence-corrected chi connectivity index (χ0v) is 11.6. The molecule has 0 bridgehead atoms. The van der Waals surface area contributed by atoms with E-state index in [1.807, 2.05) is 60.7 Å². The van der Waals surface area contributed by atoms with Crippen LogP contribution in [0.5, 0.6) is 0 Å². The molecule has 0 fully saturated rings. The van der Waals surface area contributed by atoms with Crippen LogP contribution >= 0.6 is 15.9 Å². The van der Waals surface area contributed by atoms with Crippen molar-refractivity contribution in [1.29, 1.82) is 0 Å². The van der Waals surface area contributed by atoms with Gasteiger partial charge in [0.05, 0.1) is 0 Å². The number of ketones is 1. The highest BCUT2D eigenvalue weighted by Crippen LogP contribution is 2.19. The highest BCUT2D eigenvalue weighted by atomic mass is 79.9. The van der Waals surface area contributed by atoms with Gasteiger partial charge in [-0.05, 0) is 24.1 Å². The molecule has 1 nitrogen and oxygen atoms in total. The Hall–Kier alpha value is -1.67. The van der Waals surface area contributed by atoms with Crippen LogP contribution in [0.4, 0.5) is 0 Å².